The van der Waals surface area contributed by atoms with Crippen LogP contribution in [0.3, 0.4) is 0 Å². The largest absolute Gasteiger partial charge is 0.322 e. The highest BCUT2D eigenvalue weighted by Crippen LogP contribution is 2.18. The fourth-order valence-electron chi connectivity index (χ4n) is 2.56. The molecule has 2 amide bonds. The number of nitrogens with one attached hydrogen (secondary N) is 2. The van der Waals surface area contributed by atoms with Crippen molar-refractivity contribution in [3.8, 4) is 0 Å². The molecule has 0 fully saturated rings. The molecule has 0 saturated heterocycles. The van der Waals surface area contributed by atoms with Gasteiger partial charge in [0.15, 0.2) is 0 Å². The highest BCUT2D eigenvalue weighted by atomic mass is 16.2. The molecule has 0 radical (unpaired) electrons. The topological polar surface area (TPSA) is 58.2 Å². The zero-order chi connectivity index (χ0) is 18.5. The maximum absolute atomic E-state index is 12.4. The maximum atomic E-state index is 12.4. The first kappa shape index (κ1) is 17.4. The Morgan fingerprint density at radius 3 is 2.00 bits per heavy atom. The zero-order valence-electron chi connectivity index (χ0n) is 14.7. The average Bonchev–Trinajstić information content (AvgIpc) is 2.66. The van der Waals surface area contributed by atoms with Crippen molar-refractivity contribution in [3.63, 3.8) is 0 Å². The highest BCUT2D eigenvalue weighted by Gasteiger charge is 2.09. The summed E-state index contributed by atoms with van der Waals surface area (Å²) in [4.78, 5) is 24.6. The van der Waals surface area contributed by atoms with Crippen molar-refractivity contribution >= 4 is 23.2 Å². The molecule has 0 aromatic heterocycles. The van der Waals surface area contributed by atoms with Crippen LogP contribution in [-0.4, -0.2) is 11.8 Å². The molecule has 0 aliphatic carbocycles. The number of carbonyl (C=O) groups excluding carboxylic acids is 2. The Morgan fingerprint density at radius 1 is 0.692 bits per heavy atom. The highest BCUT2D eigenvalue weighted by molar-refractivity contribution is 6.06. The number of carbonyl (C=O) groups is 2. The third-order valence-electron chi connectivity index (χ3n) is 4.08. The summed E-state index contributed by atoms with van der Waals surface area (Å²) in [5.74, 6) is -0.363. The van der Waals surface area contributed by atoms with E-state index >= 15 is 0 Å². The van der Waals surface area contributed by atoms with Crippen molar-refractivity contribution in [1.82, 2.24) is 0 Å². The summed E-state index contributed by atoms with van der Waals surface area (Å²) in [7, 11) is 0. The maximum Gasteiger partial charge on any atom is 0.255 e. The number of aryl methyl sites for hydroxylation is 2. The zero-order valence-corrected chi connectivity index (χ0v) is 14.7. The van der Waals surface area contributed by atoms with Gasteiger partial charge >= 0.3 is 0 Å². The summed E-state index contributed by atoms with van der Waals surface area (Å²) in [6.45, 7) is 3.94. The monoisotopic (exact) mass is 344 g/mol. The molecular formula is C22H20N2O2. The molecule has 0 saturated carbocycles. The van der Waals surface area contributed by atoms with Gasteiger partial charge in [0.1, 0.15) is 0 Å². The van der Waals surface area contributed by atoms with Crippen LogP contribution in [0.15, 0.2) is 72.8 Å². The number of benzene rings is 3. The second-order valence-electron chi connectivity index (χ2n) is 6.17. The molecule has 0 spiro atoms. The molecule has 3 aromatic rings. The minimum Gasteiger partial charge on any atom is -0.322 e. The van der Waals surface area contributed by atoms with Crippen LogP contribution in [0.5, 0.6) is 0 Å². The number of amides is 2. The summed E-state index contributed by atoms with van der Waals surface area (Å²) in [5.41, 5.74) is 4.66. The Morgan fingerprint density at radius 2 is 1.31 bits per heavy atom. The minimum absolute atomic E-state index is 0.181. The molecule has 3 aromatic carbocycles. The van der Waals surface area contributed by atoms with E-state index in [1.165, 1.54) is 0 Å². The molecule has 130 valence electrons. The molecule has 0 aliphatic heterocycles. The van der Waals surface area contributed by atoms with E-state index in [1.54, 1.807) is 36.4 Å². The lowest BCUT2D eigenvalue weighted by Crippen LogP contribution is -2.14. The van der Waals surface area contributed by atoms with Crippen LogP contribution < -0.4 is 10.6 Å². The first-order chi connectivity index (χ1) is 12.5. The molecule has 4 heteroatoms. The summed E-state index contributed by atoms with van der Waals surface area (Å²) in [6.07, 6.45) is 0. The number of anilines is 2. The smallest absolute Gasteiger partial charge is 0.255 e. The SMILES string of the molecule is Cc1ccc(C)c(NC(=O)c2ccc(NC(=O)c3ccccc3)cc2)c1. The molecule has 26 heavy (non-hydrogen) atoms. The van der Waals surface area contributed by atoms with Gasteiger partial charge in [-0.25, -0.2) is 0 Å². The lowest BCUT2D eigenvalue weighted by Gasteiger charge is -2.10. The van der Waals surface area contributed by atoms with Crippen molar-refractivity contribution in [2.24, 2.45) is 0 Å². The van der Waals surface area contributed by atoms with E-state index in [9.17, 15) is 9.59 Å². The molecule has 0 heterocycles. The fourth-order valence-corrected chi connectivity index (χ4v) is 2.56. The molecule has 0 unspecified atom stereocenters. The molecule has 3 rings (SSSR count). The molecule has 4 nitrogen and oxygen atoms in total. The first-order valence-corrected chi connectivity index (χ1v) is 8.38. The van der Waals surface area contributed by atoms with Crippen LogP contribution in [0.1, 0.15) is 31.8 Å². The van der Waals surface area contributed by atoms with Crippen LogP contribution >= 0.6 is 0 Å². The van der Waals surface area contributed by atoms with E-state index in [0.29, 0.717) is 16.8 Å². The lowest BCUT2D eigenvalue weighted by molar-refractivity contribution is 0.102. The minimum atomic E-state index is -0.182. The Balaban J connectivity index is 1.68. The van der Waals surface area contributed by atoms with Crippen LogP contribution in [0.25, 0.3) is 0 Å². The summed E-state index contributed by atoms with van der Waals surface area (Å²) >= 11 is 0. The van der Waals surface area contributed by atoms with Crippen LogP contribution in [0.2, 0.25) is 0 Å². The van der Waals surface area contributed by atoms with Gasteiger partial charge < -0.3 is 10.6 Å². The normalized spacial score (nSPS) is 10.2. The third-order valence-corrected chi connectivity index (χ3v) is 4.08. The van der Waals surface area contributed by atoms with E-state index < -0.39 is 0 Å². The summed E-state index contributed by atoms with van der Waals surface area (Å²) in [5, 5.41) is 5.75. The Hall–Kier alpha value is -3.40. The average molecular weight is 344 g/mol. The second kappa shape index (κ2) is 7.66. The van der Waals surface area contributed by atoms with Gasteiger partial charge in [-0.3, -0.25) is 9.59 Å². The third kappa shape index (κ3) is 4.16. The Kier molecular flexibility index (Phi) is 5.13. The molecular weight excluding hydrogens is 324 g/mol. The van der Waals surface area contributed by atoms with Gasteiger partial charge in [-0.05, 0) is 67.4 Å². The predicted molar refractivity (Wildman–Crippen MR) is 105 cm³/mol. The van der Waals surface area contributed by atoms with E-state index in [1.807, 2.05) is 50.2 Å². The van der Waals surface area contributed by atoms with Gasteiger partial charge in [0.2, 0.25) is 0 Å². The van der Waals surface area contributed by atoms with E-state index in [0.717, 1.165) is 16.8 Å². The van der Waals surface area contributed by atoms with E-state index in [4.69, 9.17) is 0 Å². The van der Waals surface area contributed by atoms with Gasteiger partial charge in [-0.15, -0.1) is 0 Å². The van der Waals surface area contributed by atoms with Crippen molar-refractivity contribution < 1.29 is 9.59 Å². The quantitative estimate of drug-likeness (QED) is 0.714. The molecule has 0 aliphatic rings. The van der Waals surface area contributed by atoms with Crippen molar-refractivity contribution in [2.75, 3.05) is 10.6 Å². The summed E-state index contributed by atoms with van der Waals surface area (Å²) in [6, 6.07) is 21.8. The Labute approximate surface area is 152 Å². The lowest BCUT2D eigenvalue weighted by atomic mass is 10.1. The second-order valence-corrected chi connectivity index (χ2v) is 6.17. The van der Waals surface area contributed by atoms with E-state index in [2.05, 4.69) is 10.6 Å². The van der Waals surface area contributed by atoms with Gasteiger partial charge in [-0.2, -0.15) is 0 Å². The standard InChI is InChI=1S/C22H20N2O2/c1-15-8-9-16(2)20(14-15)24-22(26)18-10-12-19(13-11-18)23-21(25)17-6-4-3-5-7-17/h3-14H,1-2H3,(H,23,25)(H,24,26). The fraction of sp³-hybridized carbons (Fsp3) is 0.0909. The number of hydrogen-bond acceptors (Lipinski definition) is 2. The molecule has 0 atom stereocenters. The van der Waals surface area contributed by atoms with Crippen LogP contribution in [0.4, 0.5) is 11.4 Å². The van der Waals surface area contributed by atoms with Crippen molar-refractivity contribution in [1.29, 1.82) is 0 Å². The van der Waals surface area contributed by atoms with Gasteiger partial charge in [-0.1, -0.05) is 30.3 Å². The van der Waals surface area contributed by atoms with Gasteiger partial charge in [0.25, 0.3) is 11.8 Å². The number of hydrogen-bond donors (Lipinski definition) is 2. The molecule has 0 bridgehead atoms. The van der Waals surface area contributed by atoms with Crippen LogP contribution in [0, 0.1) is 13.8 Å². The number of rotatable bonds is 4. The molecule has 2 N–H and O–H groups in total. The van der Waals surface area contributed by atoms with E-state index in [-0.39, 0.29) is 11.8 Å². The van der Waals surface area contributed by atoms with Crippen molar-refractivity contribution in [2.45, 2.75) is 13.8 Å². The van der Waals surface area contributed by atoms with Gasteiger partial charge in [0.05, 0.1) is 0 Å². The van der Waals surface area contributed by atoms with Gasteiger partial charge in [0, 0.05) is 22.5 Å². The predicted octanol–water partition coefficient (Wildman–Crippen LogP) is 4.81. The van der Waals surface area contributed by atoms with Crippen LogP contribution in [-0.2, 0) is 0 Å². The first-order valence-electron chi connectivity index (χ1n) is 8.38. The Bertz CT molecular complexity index is 932. The van der Waals surface area contributed by atoms with Crippen molar-refractivity contribution in [3.05, 3.63) is 95.1 Å². The summed E-state index contributed by atoms with van der Waals surface area (Å²) < 4.78 is 0.